The highest BCUT2D eigenvalue weighted by molar-refractivity contribution is 6.01. The minimum atomic E-state index is -0.270. The molecule has 2 amide bonds. The molecular weight excluding hydrogens is 328 g/mol. The van der Waals surface area contributed by atoms with Crippen LogP contribution < -0.4 is 15.0 Å². The zero-order valence-corrected chi connectivity index (χ0v) is 16.0. The Kier molecular flexibility index (Phi) is 6.03. The number of ether oxygens (including phenoxy) is 1. The number of carbonyl (C=O) groups excluding carboxylic acids is 2. The van der Waals surface area contributed by atoms with Crippen LogP contribution in [0.15, 0.2) is 48.5 Å². The molecule has 0 bridgehead atoms. The van der Waals surface area contributed by atoms with E-state index in [-0.39, 0.29) is 23.8 Å². The summed E-state index contributed by atoms with van der Waals surface area (Å²) >= 11 is 0. The molecule has 0 aliphatic heterocycles. The number of nitrogens with one attached hydrogen (secondary N) is 1. The van der Waals surface area contributed by atoms with Crippen molar-refractivity contribution in [2.45, 2.75) is 33.1 Å². The topological polar surface area (TPSA) is 58.6 Å². The van der Waals surface area contributed by atoms with Crippen molar-refractivity contribution in [2.24, 2.45) is 0 Å². The van der Waals surface area contributed by atoms with E-state index < -0.39 is 0 Å². The molecule has 0 unspecified atom stereocenters. The number of rotatable bonds is 5. The average Bonchev–Trinajstić information content (AvgIpc) is 2.59. The number of nitrogens with zero attached hydrogens (tertiary/aromatic N) is 1. The number of methoxy groups -OCH3 is 1. The Morgan fingerprint density at radius 2 is 1.73 bits per heavy atom. The van der Waals surface area contributed by atoms with Crippen molar-refractivity contribution < 1.29 is 14.3 Å². The summed E-state index contributed by atoms with van der Waals surface area (Å²) in [4.78, 5) is 25.9. The van der Waals surface area contributed by atoms with Crippen LogP contribution in [0.5, 0.6) is 5.75 Å². The lowest BCUT2D eigenvalue weighted by Gasteiger charge is -2.23. The van der Waals surface area contributed by atoms with Gasteiger partial charge in [0.05, 0.1) is 7.11 Å². The Morgan fingerprint density at radius 1 is 1.08 bits per heavy atom. The van der Waals surface area contributed by atoms with Gasteiger partial charge in [-0.1, -0.05) is 39.0 Å². The molecule has 0 spiro atoms. The third kappa shape index (κ3) is 5.09. The van der Waals surface area contributed by atoms with E-state index in [1.54, 1.807) is 31.4 Å². The number of benzene rings is 2. The summed E-state index contributed by atoms with van der Waals surface area (Å²) in [5, 5.41) is 2.79. The molecule has 0 aliphatic carbocycles. The van der Waals surface area contributed by atoms with Gasteiger partial charge in [0.2, 0.25) is 11.8 Å². The number of amides is 2. The lowest BCUT2D eigenvalue weighted by molar-refractivity contribution is -0.120. The summed E-state index contributed by atoms with van der Waals surface area (Å²) in [6.07, 6.45) is 0. The maximum absolute atomic E-state index is 12.4. The van der Waals surface area contributed by atoms with Gasteiger partial charge in [0.1, 0.15) is 12.3 Å². The van der Waals surface area contributed by atoms with Crippen molar-refractivity contribution in [1.29, 1.82) is 0 Å². The van der Waals surface area contributed by atoms with E-state index in [0.717, 1.165) is 0 Å². The van der Waals surface area contributed by atoms with Crippen LogP contribution in [0, 0.1) is 0 Å². The highest BCUT2D eigenvalue weighted by atomic mass is 16.5. The molecular formula is C21H26N2O3. The quantitative estimate of drug-likeness (QED) is 0.883. The molecule has 2 aromatic carbocycles. The first-order valence-corrected chi connectivity index (χ1v) is 8.53. The number of carbonyl (C=O) groups is 2. The third-order valence-corrected chi connectivity index (χ3v) is 4.08. The first-order valence-electron chi connectivity index (χ1n) is 8.53. The molecule has 0 fully saturated rings. The van der Waals surface area contributed by atoms with Gasteiger partial charge in [0.25, 0.3) is 0 Å². The summed E-state index contributed by atoms with van der Waals surface area (Å²) in [5.74, 6) is 0.201. The average molecular weight is 354 g/mol. The largest absolute Gasteiger partial charge is 0.497 e. The van der Waals surface area contributed by atoms with Gasteiger partial charge in [-0.15, -0.1) is 0 Å². The van der Waals surface area contributed by atoms with Crippen molar-refractivity contribution in [2.75, 3.05) is 23.9 Å². The molecule has 0 saturated carbocycles. The minimum absolute atomic E-state index is 0.0311. The first-order chi connectivity index (χ1) is 12.2. The SMILES string of the molecule is COc1cccc(NC(=O)CN(C(C)=O)c2ccc(C(C)(C)C)cc2)c1. The second kappa shape index (κ2) is 8.04. The predicted octanol–water partition coefficient (Wildman–Crippen LogP) is 3.98. The number of anilines is 2. The lowest BCUT2D eigenvalue weighted by atomic mass is 9.87. The third-order valence-electron chi connectivity index (χ3n) is 4.08. The van der Waals surface area contributed by atoms with Crippen LogP contribution in [0.4, 0.5) is 11.4 Å². The monoisotopic (exact) mass is 354 g/mol. The molecule has 0 atom stereocenters. The molecule has 5 nitrogen and oxygen atoms in total. The Labute approximate surface area is 155 Å². The van der Waals surface area contributed by atoms with Crippen LogP contribution >= 0.6 is 0 Å². The molecule has 5 heteroatoms. The van der Waals surface area contributed by atoms with E-state index in [4.69, 9.17) is 4.74 Å². The van der Waals surface area contributed by atoms with E-state index >= 15 is 0 Å². The second-order valence-electron chi connectivity index (χ2n) is 7.18. The lowest BCUT2D eigenvalue weighted by Crippen LogP contribution is -2.36. The fourth-order valence-electron chi connectivity index (χ4n) is 2.57. The van der Waals surface area contributed by atoms with Gasteiger partial charge in [-0.2, -0.15) is 0 Å². The van der Waals surface area contributed by atoms with Gasteiger partial charge >= 0.3 is 0 Å². The Balaban J connectivity index is 2.12. The number of hydrogen-bond donors (Lipinski definition) is 1. The summed E-state index contributed by atoms with van der Waals surface area (Å²) in [7, 11) is 1.57. The van der Waals surface area contributed by atoms with Crippen LogP contribution in [-0.2, 0) is 15.0 Å². The molecule has 0 aliphatic rings. The smallest absolute Gasteiger partial charge is 0.244 e. The molecule has 0 radical (unpaired) electrons. The van der Waals surface area contributed by atoms with Gasteiger partial charge in [0.15, 0.2) is 0 Å². The van der Waals surface area contributed by atoms with Gasteiger partial charge in [-0.05, 0) is 35.2 Å². The van der Waals surface area contributed by atoms with Gasteiger partial charge in [0, 0.05) is 24.4 Å². The van der Waals surface area contributed by atoms with E-state index in [2.05, 4.69) is 26.1 Å². The molecule has 26 heavy (non-hydrogen) atoms. The standard InChI is InChI=1S/C21H26N2O3/c1-15(24)23(18-11-9-16(10-12-18)21(2,3)4)14-20(25)22-17-7-6-8-19(13-17)26-5/h6-13H,14H2,1-5H3,(H,22,25). The predicted molar refractivity (Wildman–Crippen MR) is 105 cm³/mol. The van der Waals surface area contributed by atoms with Crippen molar-refractivity contribution in [3.05, 3.63) is 54.1 Å². The Hall–Kier alpha value is -2.82. The highest BCUT2D eigenvalue weighted by Gasteiger charge is 2.18. The highest BCUT2D eigenvalue weighted by Crippen LogP contribution is 2.25. The van der Waals surface area contributed by atoms with Crippen molar-refractivity contribution in [1.82, 2.24) is 0 Å². The summed E-state index contributed by atoms with van der Waals surface area (Å²) in [5.41, 5.74) is 2.53. The molecule has 1 N–H and O–H groups in total. The van der Waals surface area contributed by atoms with Crippen LogP contribution in [0.1, 0.15) is 33.3 Å². The van der Waals surface area contributed by atoms with E-state index in [1.807, 2.05) is 24.3 Å². The molecule has 2 aromatic rings. The van der Waals surface area contributed by atoms with Crippen molar-refractivity contribution in [3.8, 4) is 5.75 Å². The molecule has 2 rings (SSSR count). The fraction of sp³-hybridized carbons (Fsp3) is 0.333. The van der Waals surface area contributed by atoms with Gasteiger partial charge in [-0.25, -0.2) is 0 Å². The summed E-state index contributed by atoms with van der Waals surface area (Å²) in [6, 6.07) is 14.8. The Morgan fingerprint density at radius 3 is 2.27 bits per heavy atom. The maximum Gasteiger partial charge on any atom is 0.244 e. The zero-order chi connectivity index (χ0) is 19.3. The maximum atomic E-state index is 12.4. The van der Waals surface area contributed by atoms with E-state index in [1.165, 1.54) is 17.4 Å². The van der Waals surface area contributed by atoms with Crippen LogP contribution in [0.3, 0.4) is 0 Å². The first kappa shape index (κ1) is 19.5. The second-order valence-corrected chi connectivity index (χ2v) is 7.18. The van der Waals surface area contributed by atoms with E-state index in [9.17, 15) is 9.59 Å². The normalized spacial score (nSPS) is 11.0. The summed E-state index contributed by atoms with van der Waals surface area (Å²) < 4.78 is 5.15. The molecule has 0 saturated heterocycles. The number of hydrogen-bond acceptors (Lipinski definition) is 3. The van der Waals surface area contributed by atoms with Crippen molar-refractivity contribution >= 4 is 23.2 Å². The fourth-order valence-corrected chi connectivity index (χ4v) is 2.57. The van der Waals surface area contributed by atoms with Gasteiger partial charge < -0.3 is 15.0 Å². The zero-order valence-electron chi connectivity index (χ0n) is 16.0. The molecule has 138 valence electrons. The van der Waals surface area contributed by atoms with Crippen LogP contribution in [-0.4, -0.2) is 25.5 Å². The van der Waals surface area contributed by atoms with Crippen LogP contribution in [0.2, 0.25) is 0 Å². The molecule has 0 aromatic heterocycles. The van der Waals surface area contributed by atoms with Crippen LogP contribution in [0.25, 0.3) is 0 Å². The summed E-state index contributed by atoms with van der Waals surface area (Å²) in [6.45, 7) is 7.79. The van der Waals surface area contributed by atoms with E-state index in [0.29, 0.717) is 17.1 Å². The van der Waals surface area contributed by atoms with Gasteiger partial charge in [-0.3, -0.25) is 9.59 Å². The molecule has 0 heterocycles. The van der Waals surface area contributed by atoms with Crippen molar-refractivity contribution in [3.63, 3.8) is 0 Å². The Bertz CT molecular complexity index is 777. The minimum Gasteiger partial charge on any atom is -0.497 e.